The number of nitrogens with zero attached hydrogens (tertiary/aromatic N) is 1. The fourth-order valence-corrected chi connectivity index (χ4v) is 3.16. The number of hydrogen-bond donors (Lipinski definition) is 2. The maximum Gasteiger partial charge on any atom is 0.290 e. The Morgan fingerprint density at radius 2 is 2.07 bits per heavy atom. The molecule has 148 valence electrons. The fraction of sp³-hybridized carbons (Fsp3) is 0.300. The Balaban J connectivity index is 2.09. The van der Waals surface area contributed by atoms with Crippen molar-refractivity contribution in [3.8, 4) is 11.5 Å². The van der Waals surface area contributed by atoms with Gasteiger partial charge in [0.15, 0.2) is 23.0 Å². The molecule has 2 aromatic rings. The zero-order valence-electron chi connectivity index (χ0n) is 15.5. The SMILES string of the molecule is CCOc1cc([C@@H]2C(C(=O)c3ccco3)=C(O)C(=O)N2CCOC)ccc1O. The average Bonchev–Trinajstić information content (AvgIpc) is 3.30. The molecule has 0 saturated carbocycles. The smallest absolute Gasteiger partial charge is 0.290 e. The third-order valence-corrected chi connectivity index (χ3v) is 4.43. The molecule has 8 nitrogen and oxygen atoms in total. The van der Waals surface area contributed by atoms with Crippen LogP contribution in [0.25, 0.3) is 0 Å². The van der Waals surface area contributed by atoms with Gasteiger partial charge in [0, 0.05) is 13.7 Å². The number of aromatic hydroxyl groups is 1. The van der Waals surface area contributed by atoms with E-state index in [4.69, 9.17) is 13.9 Å². The molecule has 1 aliphatic rings. The molecule has 2 N–H and O–H groups in total. The van der Waals surface area contributed by atoms with Crippen LogP contribution in [-0.2, 0) is 9.53 Å². The monoisotopic (exact) mass is 387 g/mol. The molecule has 3 rings (SSSR count). The van der Waals surface area contributed by atoms with Gasteiger partial charge in [-0.1, -0.05) is 6.07 Å². The van der Waals surface area contributed by atoms with Gasteiger partial charge in [-0.25, -0.2) is 0 Å². The average molecular weight is 387 g/mol. The lowest BCUT2D eigenvalue weighted by molar-refractivity contribution is -0.130. The van der Waals surface area contributed by atoms with Crippen LogP contribution in [0.2, 0.25) is 0 Å². The zero-order chi connectivity index (χ0) is 20.3. The molecule has 2 heterocycles. The summed E-state index contributed by atoms with van der Waals surface area (Å²) in [5, 5.41) is 20.4. The fourth-order valence-electron chi connectivity index (χ4n) is 3.16. The molecule has 0 spiro atoms. The molecular formula is C20H21NO7. The maximum atomic E-state index is 12.9. The van der Waals surface area contributed by atoms with Gasteiger partial charge in [-0.15, -0.1) is 0 Å². The highest BCUT2D eigenvalue weighted by molar-refractivity contribution is 6.15. The lowest BCUT2D eigenvalue weighted by Gasteiger charge is -2.26. The van der Waals surface area contributed by atoms with E-state index in [9.17, 15) is 19.8 Å². The normalized spacial score (nSPS) is 16.7. The molecule has 1 atom stereocenters. The number of Topliss-reactive ketones (excluding diaryl/α,β-unsaturated/α-hetero) is 1. The number of ketones is 1. The summed E-state index contributed by atoms with van der Waals surface area (Å²) in [5.74, 6) is -1.74. The third-order valence-electron chi connectivity index (χ3n) is 4.43. The van der Waals surface area contributed by atoms with E-state index in [1.54, 1.807) is 25.1 Å². The number of aliphatic hydroxyl groups excluding tert-OH is 1. The van der Waals surface area contributed by atoms with E-state index < -0.39 is 23.5 Å². The molecule has 1 aromatic heterocycles. The van der Waals surface area contributed by atoms with E-state index in [0.29, 0.717) is 12.2 Å². The first kappa shape index (κ1) is 19.5. The highest BCUT2D eigenvalue weighted by Gasteiger charge is 2.44. The van der Waals surface area contributed by atoms with Crippen LogP contribution in [0, 0.1) is 0 Å². The van der Waals surface area contributed by atoms with Crippen LogP contribution in [0.5, 0.6) is 11.5 Å². The second kappa shape index (κ2) is 8.18. The number of phenols is 1. The van der Waals surface area contributed by atoms with Gasteiger partial charge < -0.3 is 29.0 Å². The van der Waals surface area contributed by atoms with Gasteiger partial charge in [0.2, 0.25) is 5.78 Å². The van der Waals surface area contributed by atoms with Crippen LogP contribution in [0.4, 0.5) is 0 Å². The predicted molar refractivity (Wildman–Crippen MR) is 98.3 cm³/mol. The molecule has 0 unspecified atom stereocenters. The number of rotatable bonds is 8. The quantitative estimate of drug-likeness (QED) is 0.670. The maximum absolute atomic E-state index is 12.9. The number of aliphatic hydroxyl groups is 1. The predicted octanol–water partition coefficient (Wildman–Crippen LogP) is 2.61. The topological polar surface area (TPSA) is 109 Å². The van der Waals surface area contributed by atoms with Gasteiger partial charge >= 0.3 is 0 Å². The van der Waals surface area contributed by atoms with Crippen LogP contribution in [0.3, 0.4) is 0 Å². The Hall–Kier alpha value is -3.26. The number of methoxy groups -OCH3 is 1. The van der Waals surface area contributed by atoms with E-state index in [1.807, 2.05) is 0 Å². The van der Waals surface area contributed by atoms with Gasteiger partial charge in [0.05, 0.1) is 31.1 Å². The molecule has 0 fully saturated rings. The van der Waals surface area contributed by atoms with Crippen LogP contribution in [0.1, 0.15) is 29.1 Å². The first-order valence-electron chi connectivity index (χ1n) is 8.76. The minimum atomic E-state index is -0.875. The number of furan rings is 1. The van der Waals surface area contributed by atoms with Crippen molar-refractivity contribution in [1.29, 1.82) is 0 Å². The number of hydrogen-bond acceptors (Lipinski definition) is 7. The second-order valence-corrected chi connectivity index (χ2v) is 6.12. The number of ether oxygens (including phenoxy) is 2. The lowest BCUT2D eigenvalue weighted by atomic mass is 9.94. The lowest BCUT2D eigenvalue weighted by Crippen LogP contribution is -2.34. The van der Waals surface area contributed by atoms with Gasteiger partial charge in [0.1, 0.15) is 0 Å². The van der Waals surface area contributed by atoms with Crippen molar-refractivity contribution in [2.24, 2.45) is 0 Å². The van der Waals surface area contributed by atoms with E-state index >= 15 is 0 Å². The Morgan fingerprint density at radius 1 is 1.29 bits per heavy atom. The third kappa shape index (κ3) is 3.46. The Labute approximate surface area is 161 Å². The molecule has 0 radical (unpaired) electrons. The highest BCUT2D eigenvalue weighted by atomic mass is 16.5. The molecule has 0 saturated heterocycles. The summed E-state index contributed by atoms with van der Waals surface area (Å²) in [6.07, 6.45) is 1.34. The van der Waals surface area contributed by atoms with E-state index in [2.05, 4.69) is 0 Å². The standard InChI is InChI=1S/C20H21NO7/c1-3-27-15-11-12(6-7-13(15)22)17-16(18(23)14-5-4-9-28-14)19(24)20(25)21(17)8-10-26-2/h4-7,9,11,17,22,24H,3,8,10H2,1-2H3/t17-/m1/s1. The minimum absolute atomic E-state index is 0.0109. The van der Waals surface area contributed by atoms with Gasteiger partial charge in [0.25, 0.3) is 5.91 Å². The Kier molecular flexibility index (Phi) is 5.70. The number of benzene rings is 1. The van der Waals surface area contributed by atoms with E-state index in [-0.39, 0.29) is 36.0 Å². The van der Waals surface area contributed by atoms with Gasteiger partial charge in [-0.2, -0.15) is 0 Å². The number of carbonyl (C=O) groups excluding carboxylic acids is 2. The van der Waals surface area contributed by atoms with Crippen LogP contribution < -0.4 is 4.74 Å². The summed E-state index contributed by atoms with van der Waals surface area (Å²) < 4.78 is 15.6. The summed E-state index contributed by atoms with van der Waals surface area (Å²) in [6.45, 7) is 2.47. The second-order valence-electron chi connectivity index (χ2n) is 6.12. The van der Waals surface area contributed by atoms with Gasteiger partial charge in [-0.3, -0.25) is 9.59 Å². The summed E-state index contributed by atoms with van der Waals surface area (Å²) in [6, 6.07) is 6.68. The number of carbonyl (C=O) groups is 2. The Bertz CT molecular complexity index is 901. The van der Waals surface area contributed by atoms with Crippen molar-refractivity contribution in [2.75, 3.05) is 26.9 Å². The first-order valence-corrected chi connectivity index (χ1v) is 8.76. The molecule has 0 aliphatic carbocycles. The van der Waals surface area contributed by atoms with Crippen LogP contribution in [0.15, 0.2) is 52.3 Å². The van der Waals surface area contributed by atoms with Crippen molar-refractivity contribution in [2.45, 2.75) is 13.0 Å². The molecule has 8 heteroatoms. The molecule has 1 aliphatic heterocycles. The first-order chi connectivity index (χ1) is 13.5. The highest BCUT2D eigenvalue weighted by Crippen LogP contribution is 2.41. The molecule has 1 aromatic carbocycles. The van der Waals surface area contributed by atoms with Crippen molar-refractivity contribution < 1.29 is 33.7 Å². The van der Waals surface area contributed by atoms with Crippen molar-refractivity contribution in [3.63, 3.8) is 0 Å². The van der Waals surface area contributed by atoms with Crippen molar-refractivity contribution in [1.82, 2.24) is 4.90 Å². The van der Waals surface area contributed by atoms with E-state index in [0.717, 1.165) is 0 Å². The van der Waals surface area contributed by atoms with Gasteiger partial charge in [-0.05, 0) is 36.8 Å². The summed E-state index contributed by atoms with van der Waals surface area (Å²) >= 11 is 0. The van der Waals surface area contributed by atoms with Crippen LogP contribution >= 0.6 is 0 Å². The summed E-state index contributed by atoms with van der Waals surface area (Å²) in [4.78, 5) is 26.9. The van der Waals surface area contributed by atoms with Crippen LogP contribution in [-0.4, -0.2) is 53.7 Å². The molecule has 28 heavy (non-hydrogen) atoms. The Morgan fingerprint density at radius 3 is 2.71 bits per heavy atom. The zero-order valence-corrected chi connectivity index (χ0v) is 15.5. The number of phenolic OH excluding ortho intramolecular Hbond substituents is 1. The molecule has 0 bridgehead atoms. The molecule has 1 amide bonds. The largest absolute Gasteiger partial charge is 0.504 e. The molecular weight excluding hydrogens is 366 g/mol. The summed E-state index contributed by atoms with van der Waals surface area (Å²) in [5.41, 5.74) is 0.411. The van der Waals surface area contributed by atoms with Crippen molar-refractivity contribution in [3.05, 3.63) is 59.3 Å². The van der Waals surface area contributed by atoms with E-state index in [1.165, 1.54) is 30.4 Å². The summed E-state index contributed by atoms with van der Waals surface area (Å²) in [7, 11) is 1.49. The number of amides is 1. The minimum Gasteiger partial charge on any atom is -0.504 e. The van der Waals surface area contributed by atoms with Crippen molar-refractivity contribution >= 4 is 11.7 Å².